The van der Waals surface area contributed by atoms with Gasteiger partial charge in [0.05, 0.1) is 0 Å². The van der Waals surface area contributed by atoms with E-state index in [0.29, 0.717) is 29.9 Å². The molecule has 1 heterocycles. The molecule has 4 nitrogen and oxygen atoms in total. The quantitative estimate of drug-likeness (QED) is 0.904. The third-order valence-electron chi connectivity index (χ3n) is 2.79. The molecule has 2 rings (SSSR count). The van der Waals surface area contributed by atoms with E-state index in [-0.39, 0.29) is 5.82 Å². The SMILES string of the molecule is CCc1c(NC)ncnc1Nc1c(F)cc(F)cc1F. The van der Waals surface area contributed by atoms with Crippen LogP contribution in [0, 0.1) is 17.5 Å². The Labute approximate surface area is 114 Å². The molecule has 0 atom stereocenters. The molecule has 20 heavy (non-hydrogen) atoms. The molecule has 0 amide bonds. The van der Waals surface area contributed by atoms with Crippen LogP contribution < -0.4 is 10.6 Å². The zero-order chi connectivity index (χ0) is 14.7. The van der Waals surface area contributed by atoms with Crippen molar-refractivity contribution in [2.75, 3.05) is 17.7 Å². The van der Waals surface area contributed by atoms with Crippen molar-refractivity contribution in [3.05, 3.63) is 41.5 Å². The Hall–Kier alpha value is -2.31. The first kappa shape index (κ1) is 14.1. The number of halogens is 3. The first-order chi connectivity index (χ1) is 9.56. The van der Waals surface area contributed by atoms with E-state index in [4.69, 9.17) is 0 Å². The van der Waals surface area contributed by atoms with Crippen LogP contribution in [0.4, 0.5) is 30.5 Å². The molecule has 1 aromatic heterocycles. The van der Waals surface area contributed by atoms with Gasteiger partial charge in [0.1, 0.15) is 29.5 Å². The molecule has 0 spiro atoms. The Morgan fingerprint density at radius 1 is 1.05 bits per heavy atom. The van der Waals surface area contributed by atoms with Crippen molar-refractivity contribution < 1.29 is 13.2 Å². The highest BCUT2D eigenvalue weighted by Gasteiger charge is 2.15. The highest BCUT2D eigenvalue weighted by molar-refractivity contribution is 5.65. The Morgan fingerprint density at radius 3 is 2.20 bits per heavy atom. The monoisotopic (exact) mass is 282 g/mol. The molecule has 0 radical (unpaired) electrons. The molecular weight excluding hydrogens is 269 g/mol. The van der Waals surface area contributed by atoms with Crippen LogP contribution in [0.15, 0.2) is 18.5 Å². The summed E-state index contributed by atoms with van der Waals surface area (Å²) in [5, 5.41) is 5.43. The maximum Gasteiger partial charge on any atom is 0.152 e. The van der Waals surface area contributed by atoms with Crippen molar-refractivity contribution in [2.45, 2.75) is 13.3 Å². The number of hydrogen-bond donors (Lipinski definition) is 2. The summed E-state index contributed by atoms with van der Waals surface area (Å²) in [6, 6.07) is 1.22. The van der Waals surface area contributed by atoms with Gasteiger partial charge in [-0.2, -0.15) is 0 Å². The molecule has 2 N–H and O–H groups in total. The van der Waals surface area contributed by atoms with Gasteiger partial charge in [-0.1, -0.05) is 6.92 Å². The van der Waals surface area contributed by atoms with Gasteiger partial charge in [0.25, 0.3) is 0 Å². The summed E-state index contributed by atoms with van der Waals surface area (Å²) < 4.78 is 40.1. The fourth-order valence-electron chi connectivity index (χ4n) is 1.85. The first-order valence-electron chi connectivity index (χ1n) is 6.00. The molecular formula is C13H13F3N4. The molecule has 7 heteroatoms. The van der Waals surface area contributed by atoms with Gasteiger partial charge in [0.2, 0.25) is 0 Å². The van der Waals surface area contributed by atoms with Gasteiger partial charge < -0.3 is 10.6 Å². The molecule has 0 fully saturated rings. The molecule has 106 valence electrons. The summed E-state index contributed by atoms with van der Waals surface area (Å²) in [4.78, 5) is 7.99. The summed E-state index contributed by atoms with van der Waals surface area (Å²) in [5.74, 6) is -2.17. The van der Waals surface area contributed by atoms with E-state index < -0.39 is 23.1 Å². The third kappa shape index (κ3) is 2.66. The topological polar surface area (TPSA) is 49.8 Å². The molecule has 0 aliphatic heterocycles. The number of anilines is 3. The van der Waals surface area contributed by atoms with Crippen LogP contribution in [0.25, 0.3) is 0 Å². The lowest BCUT2D eigenvalue weighted by atomic mass is 10.2. The molecule has 2 aromatic rings. The molecule has 0 bridgehead atoms. The highest BCUT2D eigenvalue weighted by atomic mass is 19.1. The van der Waals surface area contributed by atoms with Gasteiger partial charge in [-0.05, 0) is 6.42 Å². The number of benzene rings is 1. The maximum atomic E-state index is 13.6. The molecule has 0 saturated heterocycles. The number of aromatic nitrogens is 2. The van der Waals surface area contributed by atoms with Crippen LogP contribution in [0.5, 0.6) is 0 Å². The minimum atomic E-state index is -1.02. The van der Waals surface area contributed by atoms with Crippen molar-refractivity contribution >= 4 is 17.3 Å². The van der Waals surface area contributed by atoms with Crippen LogP contribution in [-0.4, -0.2) is 17.0 Å². The van der Waals surface area contributed by atoms with Gasteiger partial charge in [0, 0.05) is 24.7 Å². The van der Waals surface area contributed by atoms with E-state index in [9.17, 15) is 13.2 Å². The largest absolute Gasteiger partial charge is 0.373 e. The van der Waals surface area contributed by atoms with Crippen LogP contribution >= 0.6 is 0 Å². The molecule has 0 saturated carbocycles. The van der Waals surface area contributed by atoms with Gasteiger partial charge >= 0.3 is 0 Å². The molecule has 0 aliphatic carbocycles. The second-order valence-electron chi connectivity index (χ2n) is 4.02. The van der Waals surface area contributed by atoms with E-state index in [1.54, 1.807) is 7.05 Å². The zero-order valence-corrected chi connectivity index (χ0v) is 11.0. The number of hydrogen-bond acceptors (Lipinski definition) is 4. The molecule has 0 aliphatic rings. The van der Waals surface area contributed by atoms with E-state index >= 15 is 0 Å². The lowest BCUT2D eigenvalue weighted by Gasteiger charge is -2.13. The average molecular weight is 282 g/mol. The second-order valence-corrected chi connectivity index (χ2v) is 4.02. The minimum Gasteiger partial charge on any atom is -0.373 e. The smallest absolute Gasteiger partial charge is 0.152 e. The van der Waals surface area contributed by atoms with E-state index in [0.717, 1.165) is 0 Å². The van der Waals surface area contributed by atoms with Crippen molar-refractivity contribution in [2.24, 2.45) is 0 Å². The predicted molar refractivity (Wildman–Crippen MR) is 70.6 cm³/mol. The van der Waals surface area contributed by atoms with Crippen molar-refractivity contribution in [1.82, 2.24) is 9.97 Å². The second kappa shape index (κ2) is 5.77. The van der Waals surface area contributed by atoms with Crippen LogP contribution in [0.1, 0.15) is 12.5 Å². The van der Waals surface area contributed by atoms with E-state index in [1.165, 1.54) is 6.33 Å². The Kier molecular flexibility index (Phi) is 4.07. The fourth-order valence-corrected chi connectivity index (χ4v) is 1.85. The van der Waals surface area contributed by atoms with Gasteiger partial charge in [-0.3, -0.25) is 0 Å². The lowest BCUT2D eigenvalue weighted by molar-refractivity contribution is 0.548. The van der Waals surface area contributed by atoms with E-state index in [1.807, 2.05) is 6.92 Å². The standard InChI is InChI=1S/C13H13F3N4/c1-3-8-12(17-2)18-6-19-13(8)20-11-9(15)4-7(14)5-10(11)16/h4-6H,3H2,1-2H3,(H2,17,18,19,20). The van der Waals surface area contributed by atoms with Crippen molar-refractivity contribution in [3.63, 3.8) is 0 Å². The average Bonchev–Trinajstić information content (AvgIpc) is 2.42. The summed E-state index contributed by atoms with van der Waals surface area (Å²) in [6.07, 6.45) is 1.83. The van der Waals surface area contributed by atoms with Gasteiger partial charge in [0.15, 0.2) is 11.6 Å². The summed E-state index contributed by atoms with van der Waals surface area (Å²) >= 11 is 0. The van der Waals surface area contributed by atoms with Crippen LogP contribution in [0.3, 0.4) is 0 Å². The number of nitrogens with one attached hydrogen (secondary N) is 2. The number of rotatable bonds is 4. The molecule has 0 unspecified atom stereocenters. The lowest BCUT2D eigenvalue weighted by Crippen LogP contribution is -2.07. The highest BCUT2D eigenvalue weighted by Crippen LogP contribution is 2.27. The summed E-state index contributed by atoms with van der Waals surface area (Å²) in [6.45, 7) is 1.86. The Morgan fingerprint density at radius 2 is 1.65 bits per heavy atom. The normalized spacial score (nSPS) is 10.4. The fraction of sp³-hybridized carbons (Fsp3) is 0.231. The van der Waals surface area contributed by atoms with Crippen LogP contribution in [0.2, 0.25) is 0 Å². The zero-order valence-electron chi connectivity index (χ0n) is 11.0. The maximum absolute atomic E-state index is 13.6. The van der Waals surface area contributed by atoms with Gasteiger partial charge in [-0.15, -0.1) is 0 Å². The minimum absolute atomic E-state index is 0.274. The first-order valence-corrected chi connectivity index (χ1v) is 6.00. The van der Waals surface area contributed by atoms with Crippen LogP contribution in [-0.2, 0) is 6.42 Å². The van der Waals surface area contributed by atoms with Crippen molar-refractivity contribution in [1.29, 1.82) is 0 Å². The molecule has 1 aromatic carbocycles. The van der Waals surface area contributed by atoms with E-state index in [2.05, 4.69) is 20.6 Å². The Balaban J connectivity index is 2.45. The predicted octanol–water partition coefficient (Wildman–Crippen LogP) is 3.24. The van der Waals surface area contributed by atoms with Gasteiger partial charge in [-0.25, -0.2) is 23.1 Å². The number of nitrogens with zero attached hydrogens (tertiary/aromatic N) is 2. The summed E-state index contributed by atoms with van der Waals surface area (Å²) in [7, 11) is 1.68. The third-order valence-corrected chi connectivity index (χ3v) is 2.79. The summed E-state index contributed by atoms with van der Waals surface area (Å²) in [5.41, 5.74) is 0.236. The van der Waals surface area contributed by atoms with Crippen molar-refractivity contribution in [3.8, 4) is 0 Å². The Bertz CT molecular complexity index is 608.